The van der Waals surface area contributed by atoms with Crippen molar-refractivity contribution in [2.45, 2.75) is 18.9 Å². The molecule has 0 saturated heterocycles. The normalized spacial score (nSPS) is 14.3. The number of nitrogens with one attached hydrogen (secondary N) is 1. The molecule has 1 atom stereocenters. The third kappa shape index (κ3) is 3.52. The van der Waals surface area contributed by atoms with Crippen molar-refractivity contribution >= 4 is 17.9 Å². The van der Waals surface area contributed by atoms with Gasteiger partial charge in [-0.2, -0.15) is 0 Å². The van der Waals surface area contributed by atoms with Gasteiger partial charge >= 0.3 is 6.09 Å². The zero-order chi connectivity index (χ0) is 17.8. The topological polar surface area (TPSA) is 86.7 Å². The molecule has 1 heterocycles. The highest BCUT2D eigenvalue weighted by Gasteiger charge is 2.39. The Kier molecular flexibility index (Phi) is 4.79. The summed E-state index contributed by atoms with van der Waals surface area (Å²) in [5.41, 5.74) is 1.81. The average molecular weight is 338 g/mol. The fraction of sp³-hybridized carbons (Fsp3) is 0.211. The number of carbonyl (C=O) groups is 3. The molecule has 6 heteroatoms. The Morgan fingerprint density at radius 3 is 2.08 bits per heavy atom. The van der Waals surface area contributed by atoms with Crippen LogP contribution in [0.3, 0.4) is 0 Å². The summed E-state index contributed by atoms with van der Waals surface area (Å²) in [6, 6.07) is 15.8. The molecule has 3 rings (SSSR count). The lowest BCUT2D eigenvalue weighted by Crippen LogP contribution is -2.46. The number of aryl methyl sites for hydroxylation is 1. The maximum atomic E-state index is 12.6. The van der Waals surface area contributed by atoms with Gasteiger partial charge in [0.05, 0.1) is 17.2 Å². The third-order valence-corrected chi connectivity index (χ3v) is 4.29. The number of hydrogen-bond acceptors (Lipinski definition) is 3. The van der Waals surface area contributed by atoms with E-state index >= 15 is 0 Å². The first kappa shape index (κ1) is 16.7. The maximum absolute atomic E-state index is 12.6. The Balaban J connectivity index is 1.80. The molecule has 3 amide bonds. The molecule has 2 N–H and O–H groups in total. The van der Waals surface area contributed by atoms with Gasteiger partial charge in [-0.1, -0.05) is 42.5 Å². The largest absolute Gasteiger partial charge is 0.465 e. The molecule has 0 aliphatic carbocycles. The number of carboxylic acid groups (broad SMARTS) is 1. The van der Waals surface area contributed by atoms with Gasteiger partial charge in [-0.25, -0.2) is 4.79 Å². The minimum absolute atomic E-state index is 0.00757. The second-order valence-electron chi connectivity index (χ2n) is 5.89. The van der Waals surface area contributed by atoms with E-state index in [1.807, 2.05) is 30.3 Å². The summed E-state index contributed by atoms with van der Waals surface area (Å²) < 4.78 is 0. The van der Waals surface area contributed by atoms with E-state index in [2.05, 4.69) is 5.32 Å². The standard InChI is InChI=1S/C19H18N2O4/c22-17-15-8-4-5-9-16(15)18(23)21(17)14(12-20-19(24)25)11-10-13-6-2-1-3-7-13/h1-9,14,20H,10-12H2,(H,24,25). The van der Waals surface area contributed by atoms with E-state index in [9.17, 15) is 14.4 Å². The molecular weight excluding hydrogens is 320 g/mol. The van der Waals surface area contributed by atoms with Crippen LogP contribution in [0.2, 0.25) is 0 Å². The van der Waals surface area contributed by atoms with Gasteiger partial charge < -0.3 is 10.4 Å². The highest BCUT2D eigenvalue weighted by atomic mass is 16.4. The first-order valence-electron chi connectivity index (χ1n) is 8.05. The fourth-order valence-electron chi connectivity index (χ4n) is 3.05. The molecule has 0 fully saturated rings. The van der Waals surface area contributed by atoms with Gasteiger partial charge in [0.2, 0.25) is 0 Å². The molecule has 25 heavy (non-hydrogen) atoms. The molecule has 0 aromatic heterocycles. The first-order chi connectivity index (χ1) is 12.1. The van der Waals surface area contributed by atoms with Gasteiger partial charge in [-0.3, -0.25) is 14.5 Å². The van der Waals surface area contributed by atoms with E-state index in [1.165, 1.54) is 4.90 Å². The van der Waals surface area contributed by atoms with E-state index in [-0.39, 0.29) is 18.4 Å². The maximum Gasteiger partial charge on any atom is 0.404 e. The summed E-state index contributed by atoms with van der Waals surface area (Å²) in [5.74, 6) is -0.739. The van der Waals surface area contributed by atoms with Crippen molar-refractivity contribution in [3.05, 3.63) is 71.3 Å². The molecule has 1 aliphatic rings. The van der Waals surface area contributed by atoms with Gasteiger partial charge in [-0.15, -0.1) is 0 Å². The van der Waals surface area contributed by atoms with Crippen LogP contribution in [0.15, 0.2) is 54.6 Å². The predicted octanol–water partition coefficient (Wildman–Crippen LogP) is 2.55. The number of imide groups is 1. The fourth-order valence-corrected chi connectivity index (χ4v) is 3.05. The van der Waals surface area contributed by atoms with Crippen LogP contribution in [0.1, 0.15) is 32.7 Å². The smallest absolute Gasteiger partial charge is 0.404 e. The molecule has 2 aromatic carbocycles. The summed E-state index contributed by atoms with van der Waals surface area (Å²) >= 11 is 0. The second-order valence-corrected chi connectivity index (χ2v) is 5.89. The first-order valence-corrected chi connectivity index (χ1v) is 8.05. The van der Waals surface area contributed by atoms with Crippen molar-refractivity contribution in [1.29, 1.82) is 0 Å². The van der Waals surface area contributed by atoms with Crippen LogP contribution in [-0.2, 0) is 6.42 Å². The Labute approximate surface area is 145 Å². The molecule has 2 aromatic rings. The number of rotatable bonds is 6. The Morgan fingerprint density at radius 1 is 0.960 bits per heavy atom. The second kappa shape index (κ2) is 7.17. The van der Waals surface area contributed by atoms with Crippen molar-refractivity contribution in [3.63, 3.8) is 0 Å². The number of hydrogen-bond donors (Lipinski definition) is 2. The summed E-state index contributed by atoms with van der Waals surface area (Å²) in [6.45, 7) is 0.00757. The van der Waals surface area contributed by atoms with Gasteiger partial charge in [0.25, 0.3) is 11.8 Å². The molecule has 0 bridgehead atoms. The lowest BCUT2D eigenvalue weighted by Gasteiger charge is -2.26. The Bertz CT molecular complexity index is 769. The van der Waals surface area contributed by atoms with Gasteiger partial charge in [0.1, 0.15) is 0 Å². The highest BCUT2D eigenvalue weighted by Crippen LogP contribution is 2.26. The Morgan fingerprint density at radius 2 is 1.52 bits per heavy atom. The van der Waals surface area contributed by atoms with Gasteiger partial charge in [0, 0.05) is 6.54 Å². The summed E-state index contributed by atoms with van der Waals surface area (Å²) in [4.78, 5) is 37.3. The average Bonchev–Trinajstić information content (AvgIpc) is 2.88. The van der Waals surface area contributed by atoms with Crippen LogP contribution in [-0.4, -0.2) is 40.5 Å². The van der Waals surface area contributed by atoms with Crippen molar-refractivity contribution in [2.75, 3.05) is 6.54 Å². The number of carbonyl (C=O) groups excluding carboxylic acids is 2. The zero-order valence-corrected chi connectivity index (χ0v) is 13.5. The lowest BCUT2D eigenvalue weighted by atomic mass is 10.0. The minimum atomic E-state index is -1.18. The van der Waals surface area contributed by atoms with E-state index < -0.39 is 12.1 Å². The molecule has 0 saturated carbocycles. The van der Waals surface area contributed by atoms with E-state index in [0.29, 0.717) is 24.0 Å². The summed E-state index contributed by atoms with van der Waals surface area (Å²) in [7, 11) is 0. The SMILES string of the molecule is O=C(O)NCC(CCc1ccccc1)N1C(=O)c2ccccc2C1=O. The van der Waals surface area contributed by atoms with Crippen LogP contribution < -0.4 is 5.32 Å². The lowest BCUT2D eigenvalue weighted by molar-refractivity contribution is 0.0573. The van der Waals surface area contributed by atoms with E-state index in [4.69, 9.17) is 5.11 Å². The quantitative estimate of drug-likeness (QED) is 0.793. The van der Waals surface area contributed by atoms with E-state index in [1.54, 1.807) is 24.3 Å². The number of benzene rings is 2. The van der Waals surface area contributed by atoms with Crippen molar-refractivity contribution < 1.29 is 19.5 Å². The number of nitrogens with zero attached hydrogens (tertiary/aromatic N) is 1. The number of fused-ring (bicyclic) bond motifs is 1. The number of amides is 3. The minimum Gasteiger partial charge on any atom is -0.465 e. The van der Waals surface area contributed by atoms with Crippen molar-refractivity contribution in [1.82, 2.24) is 10.2 Å². The molecule has 1 aliphatic heterocycles. The third-order valence-electron chi connectivity index (χ3n) is 4.29. The van der Waals surface area contributed by atoms with Crippen LogP contribution in [0.25, 0.3) is 0 Å². The molecule has 0 spiro atoms. The molecule has 128 valence electrons. The van der Waals surface area contributed by atoms with Crippen molar-refractivity contribution in [2.24, 2.45) is 0 Å². The van der Waals surface area contributed by atoms with Crippen LogP contribution in [0.4, 0.5) is 4.79 Å². The molecule has 6 nitrogen and oxygen atoms in total. The van der Waals surface area contributed by atoms with E-state index in [0.717, 1.165) is 5.56 Å². The van der Waals surface area contributed by atoms with Crippen molar-refractivity contribution in [3.8, 4) is 0 Å². The monoisotopic (exact) mass is 338 g/mol. The summed E-state index contributed by atoms with van der Waals surface area (Å²) in [6.07, 6.45) is -0.0583. The molecule has 1 unspecified atom stereocenters. The predicted molar refractivity (Wildman–Crippen MR) is 91.5 cm³/mol. The highest BCUT2D eigenvalue weighted by molar-refractivity contribution is 6.21. The summed E-state index contributed by atoms with van der Waals surface area (Å²) in [5, 5.41) is 11.2. The van der Waals surface area contributed by atoms with Crippen LogP contribution >= 0.6 is 0 Å². The van der Waals surface area contributed by atoms with Crippen LogP contribution in [0.5, 0.6) is 0 Å². The van der Waals surface area contributed by atoms with Crippen LogP contribution in [0, 0.1) is 0 Å². The Hall–Kier alpha value is -3.15. The zero-order valence-electron chi connectivity index (χ0n) is 13.5. The molecular formula is C19H18N2O4. The molecule has 0 radical (unpaired) electrons. The van der Waals surface area contributed by atoms with Gasteiger partial charge in [0.15, 0.2) is 0 Å². The van der Waals surface area contributed by atoms with Gasteiger partial charge in [-0.05, 0) is 30.5 Å².